The van der Waals surface area contributed by atoms with Gasteiger partial charge in [-0.3, -0.25) is 4.79 Å². The number of ketones is 1. The predicted molar refractivity (Wildman–Crippen MR) is 160 cm³/mol. The van der Waals surface area contributed by atoms with Gasteiger partial charge in [-0.05, 0) is 68.5 Å². The van der Waals surface area contributed by atoms with Crippen LogP contribution in [0.3, 0.4) is 0 Å². The van der Waals surface area contributed by atoms with Crippen molar-refractivity contribution < 1.29 is 27.2 Å². The van der Waals surface area contributed by atoms with Crippen LogP contribution in [0.25, 0.3) is 11.3 Å². The molecule has 222 valence electrons. The van der Waals surface area contributed by atoms with Crippen LogP contribution in [0.5, 0.6) is 0 Å². The molecule has 2 aliphatic carbocycles. The van der Waals surface area contributed by atoms with Crippen LogP contribution in [0.2, 0.25) is 10.0 Å². The maximum atomic E-state index is 12.7. The number of hydrogen-bond acceptors (Lipinski definition) is 8. The predicted octanol–water partition coefficient (Wildman–Crippen LogP) is 6.10. The molecular weight excluding hydrogens is 599 g/mol. The quantitative estimate of drug-likeness (QED) is 0.248. The number of anilines is 1. The fraction of sp³-hybridized carbons (Fsp3) is 0.484. The maximum absolute atomic E-state index is 12.7. The molecule has 0 radical (unpaired) electrons. The Morgan fingerprint density at radius 1 is 1.05 bits per heavy atom. The van der Waals surface area contributed by atoms with E-state index in [1.165, 1.54) is 0 Å². The molecule has 0 spiro atoms. The molecule has 4 fully saturated rings. The lowest BCUT2D eigenvalue weighted by Gasteiger charge is -2.33. The summed E-state index contributed by atoms with van der Waals surface area (Å²) in [4.78, 5) is 15.1. The van der Waals surface area contributed by atoms with Crippen molar-refractivity contribution in [3.63, 3.8) is 0 Å². The van der Waals surface area contributed by atoms with E-state index < -0.39 is 20.8 Å². The first-order chi connectivity index (χ1) is 20.3. The monoisotopic (exact) mass is 630 g/mol. The standard InChI is InChI=1S/C31H32Cl2N2O6S/c32-25-2-1-3-26(33)29(25)30-24(31(41-34-30)19-4-5-19)16-40-28-13-22-12-20(28)14-35(22)21-8-6-18(7-9-21)27(36)17-42(37,38)23-10-11-39-15-23/h1-3,6-9,19-20,22-23,28H,4-5,10-17H2/t20-,22-,23?,28+/m0/s1. The van der Waals surface area contributed by atoms with Gasteiger partial charge in [-0.1, -0.05) is 34.4 Å². The van der Waals surface area contributed by atoms with Crippen LogP contribution in [0.4, 0.5) is 5.69 Å². The molecular formula is C31H32Cl2N2O6S. The third kappa shape index (κ3) is 5.39. The van der Waals surface area contributed by atoms with E-state index in [0.717, 1.165) is 49.2 Å². The first-order valence-corrected chi connectivity index (χ1v) is 17.0. The van der Waals surface area contributed by atoms with E-state index in [9.17, 15) is 13.2 Å². The van der Waals surface area contributed by atoms with Crippen LogP contribution < -0.4 is 4.90 Å². The highest BCUT2D eigenvalue weighted by molar-refractivity contribution is 7.92. The summed E-state index contributed by atoms with van der Waals surface area (Å²) in [5.74, 6) is 0.777. The van der Waals surface area contributed by atoms with Gasteiger partial charge in [0.25, 0.3) is 0 Å². The van der Waals surface area contributed by atoms with Crippen molar-refractivity contribution >= 4 is 44.5 Å². The number of aromatic nitrogens is 1. The highest BCUT2D eigenvalue weighted by atomic mass is 35.5. The lowest BCUT2D eigenvalue weighted by Crippen LogP contribution is -2.38. The molecule has 3 aromatic rings. The summed E-state index contributed by atoms with van der Waals surface area (Å²) in [6, 6.07) is 13.1. The molecule has 3 heterocycles. The number of halogens is 2. The Hall–Kier alpha value is -2.43. The average molecular weight is 632 g/mol. The highest BCUT2D eigenvalue weighted by Crippen LogP contribution is 2.47. The summed E-state index contributed by atoms with van der Waals surface area (Å²) in [7, 11) is -3.52. The van der Waals surface area contributed by atoms with Crippen LogP contribution in [0, 0.1) is 5.92 Å². The van der Waals surface area contributed by atoms with E-state index in [1.807, 2.05) is 18.2 Å². The lowest BCUT2D eigenvalue weighted by atomic mass is 10.0. The number of hydrogen-bond donors (Lipinski definition) is 0. The van der Waals surface area contributed by atoms with Gasteiger partial charge in [-0.25, -0.2) is 8.42 Å². The molecule has 1 unspecified atom stereocenters. The Balaban J connectivity index is 0.994. The van der Waals surface area contributed by atoms with E-state index in [4.69, 9.17) is 37.2 Å². The first-order valence-electron chi connectivity index (χ1n) is 14.5. The summed E-state index contributed by atoms with van der Waals surface area (Å²) in [6.07, 6.45) is 4.67. The molecule has 2 saturated heterocycles. The highest BCUT2D eigenvalue weighted by Gasteiger charge is 2.46. The maximum Gasteiger partial charge on any atom is 0.177 e. The van der Waals surface area contributed by atoms with Crippen molar-refractivity contribution in [1.82, 2.24) is 5.16 Å². The van der Waals surface area contributed by atoms with Gasteiger partial charge in [-0.15, -0.1) is 0 Å². The van der Waals surface area contributed by atoms with E-state index in [2.05, 4.69) is 10.1 Å². The van der Waals surface area contributed by atoms with Gasteiger partial charge in [0.15, 0.2) is 15.6 Å². The Morgan fingerprint density at radius 2 is 1.81 bits per heavy atom. The lowest BCUT2D eigenvalue weighted by molar-refractivity contribution is 0.0122. The molecule has 2 aliphatic heterocycles. The summed E-state index contributed by atoms with van der Waals surface area (Å²) < 4.78 is 42.7. The van der Waals surface area contributed by atoms with Crippen LogP contribution in [-0.4, -0.2) is 62.3 Å². The minimum Gasteiger partial charge on any atom is -0.380 e. The van der Waals surface area contributed by atoms with Gasteiger partial charge in [0.05, 0.1) is 34.6 Å². The van der Waals surface area contributed by atoms with Gasteiger partial charge in [0.2, 0.25) is 0 Å². The molecule has 0 amide bonds. The fourth-order valence-corrected chi connectivity index (χ4v) is 8.79. The number of rotatable bonds is 10. The van der Waals surface area contributed by atoms with Crippen LogP contribution >= 0.6 is 23.2 Å². The third-order valence-electron chi connectivity index (χ3n) is 9.13. The molecule has 7 rings (SSSR count). The number of fused-ring (bicyclic) bond motifs is 2. The topological polar surface area (TPSA) is 98.9 Å². The van der Waals surface area contributed by atoms with Gasteiger partial charge < -0.3 is 18.9 Å². The van der Waals surface area contributed by atoms with Crippen molar-refractivity contribution in [2.75, 3.05) is 30.4 Å². The van der Waals surface area contributed by atoms with Crippen molar-refractivity contribution in [2.24, 2.45) is 5.92 Å². The molecule has 8 nitrogen and oxygen atoms in total. The average Bonchev–Trinajstić information content (AvgIpc) is 3.36. The number of piperidine rings is 1. The second-order valence-electron chi connectivity index (χ2n) is 11.9. The van der Waals surface area contributed by atoms with Gasteiger partial charge in [0.1, 0.15) is 17.2 Å². The minimum absolute atomic E-state index is 0.119. The SMILES string of the molecule is O=C(CS(=O)(=O)C1CCOC1)c1ccc(N2C[C@@H]3C[C@H]2C[C@H]3OCc2c(-c3c(Cl)cccc3Cl)noc2C2CC2)cc1. The number of carbonyl (C=O) groups is 1. The first kappa shape index (κ1) is 28.3. The smallest absolute Gasteiger partial charge is 0.177 e. The Morgan fingerprint density at radius 3 is 2.45 bits per heavy atom. The number of sulfone groups is 1. The number of Topliss-reactive ketones (excluding diaryl/α,β-unsaturated/α-hetero) is 1. The molecule has 1 aromatic heterocycles. The van der Waals surface area contributed by atoms with Crippen LogP contribution in [0.1, 0.15) is 59.7 Å². The molecule has 2 aromatic carbocycles. The molecule has 2 saturated carbocycles. The van der Waals surface area contributed by atoms with Gasteiger partial charge in [-0.2, -0.15) is 0 Å². The van der Waals surface area contributed by atoms with E-state index in [0.29, 0.717) is 64.4 Å². The molecule has 11 heteroatoms. The van der Waals surface area contributed by atoms with E-state index in [-0.39, 0.29) is 18.5 Å². The summed E-state index contributed by atoms with van der Waals surface area (Å²) in [6.45, 7) is 1.86. The summed E-state index contributed by atoms with van der Waals surface area (Å²) in [5.41, 5.74) is 3.74. The fourth-order valence-electron chi connectivity index (χ4n) is 6.68. The molecule has 4 atom stereocenters. The normalized spacial score (nSPS) is 25.4. The number of nitrogens with zero attached hydrogens (tertiary/aromatic N) is 2. The summed E-state index contributed by atoms with van der Waals surface area (Å²) >= 11 is 13.0. The van der Waals surface area contributed by atoms with Crippen molar-refractivity contribution in [3.8, 4) is 11.3 Å². The Labute approximate surface area is 255 Å². The molecule has 2 bridgehead atoms. The largest absolute Gasteiger partial charge is 0.380 e. The molecule has 0 N–H and O–H groups in total. The summed E-state index contributed by atoms with van der Waals surface area (Å²) in [5, 5.41) is 4.87. The Kier molecular flexibility index (Phi) is 7.59. The zero-order valence-corrected chi connectivity index (χ0v) is 25.3. The second kappa shape index (κ2) is 11.2. The zero-order valence-electron chi connectivity index (χ0n) is 23.0. The third-order valence-corrected chi connectivity index (χ3v) is 11.8. The van der Waals surface area contributed by atoms with Gasteiger partial charge >= 0.3 is 0 Å². The number of carbonyl (C=O) groups excluding carboxylic acids is 1. The number of benzene rings is 2. The van der Waals surface area contributed by atoms with Gasteiger partial charge in [0, 0.05) is 53.4 Å². The van der Waals surface area contributed by atoms with Crippen molar-refractivity contribution in [1.29, 1.82) is 0 Å². The van der Waals surface area contributed by atoms with E-state index >= 15 is 0 Å². The van der Waals surface area contributed by atoms with Crippen molar-refractivity contribution in [3.05, 3.63) is 69.4 Å². The number of ether oxygens (including phenoxy) is 2. The minimum atomic E-state index is -3.52. The molecule has 4 aliphatic rings. The van der Waals surface area contributed by atoms with Crippen LogP contribution in [-0.2, 0) is 25.9 Å². The molecule has 42 heavy (non-hydrogen) atoms. The zero-order chi connectivity index (χ0) is 29.0. The Bertz CT molecular complexity index is 1580. The van der Waals surface area contributed by atoms with E-state index in [1.54, 1.807) is 24.3 Å². The van der Waals surface area contributed by atoms with Crippen LogP contribution in [0.15, 0.2) is 47.0 Å². The second-order valence-corrected chi connectivity index (χ2v) is 15.0. The van der Waals surface area contributed by atoms with Crippen molar-refractivity contribution in [2.45, 2.75) is 62.0 Å².